The first-order valence-corrected chi connectivity index (χ1v) is 12.5. The van der Waals surface area contributed by atoms with Crippen LogP contribution in [0.4, 0.5) is 0 Å². The SMILES string of the molecule is COc1cc(/C=c2/sc3nc4c(Br)c(C)c(C)cc4n3c2=O)ccc1OCc1ccccc1Cl. The Morgan fingerprint density at radius 2 is 1.94 bits per heavy atom. The third-order valence-electron chi connectivity index (χ3n) is 5.81. The molecule has 2 heterocycles. The van der Waals surface area contributed by atoms with Crippen molar-refractivity contribution in [3.05, 3.63) is 95.2 Å². The first-order chi connectivity index (χ1) is 16.4. The Bertz CT molecular complexity index is 1680. The molecule has 0 saturated carbocycles. The summed E-state index contributed by atoms with van der Waals surface area (Å²) in [5.74, 6) is 1.18. The van der Waals surface area contributed by atoms with E-state index in [0.29, 0.717) is 32.6 Å². The van der Waals surface area contributed by atoms with Crippen LogP contribution in [0.3, 0.4) is 0 Å². The number of imidazole rings is 1. The number of hydrogen-bond acceptors (Lipinski definition) is 5. The predicted octanol–water partition coefficient (Wildman–Crippen LogP) is 6.08. The molecule has 0 spiro atoms. The summed E-state index contributed by atoms with van der Waals surface area (Å²) in [5.41, 5.74) is 5.49. The first-order valence-electron chi connectivity index (χ1n) is 10.5. The molecule has 0 radical (unpaired) electrons. The van der Waals surface area contributed by atoms with E-state index < -0.39 is 0 Å². The van der Waals surface area contributed by atoms with Crippen LogP contribution in [0.25, 0.3) is 22.1 Å². The van der Waals surface area contributed by atoms with Gasteiger partial charge in [0, 0.05) is 15.1 Å². The highest BCUT2D eigenvalue weighted by Gasteiger charge is 2.16. The monoisotopic (exact) mass is 554 g/mol. The molecule has 0 fully saturated rings. The number of nitrogens with zero attached hydrogens (tertiary/aromatic N) is 2. The number of fused-ring (bicyclic) bond motifs is 3. The van der Waals surface area contributed by atoms with Gasteiger partial charge in [-0.3, -0.25) is 4.79 Å². The molecule has 0 bridgehead atoms. The second kappa shape index (κ2) is 9.06. The Labute approximate surface area is 213 Å². The highest BCUT2D eigenvalue weighted by atomic mass is 79.9. The fourth-order valence-electron chi connectivity index (χ4n) is 3.79. The summed E-state index contributed by atoms with van der Waals surface area (Å²) in [6, 6.07) is 15.2. The van der Waals surface area contributed by atoms with Gasteiger partial charge in [-0.15, -0.1) is 0 Å². The van der Waals surface area contributed by atoms with Crippen LogP contribution in [-0.2, 0) is 6.61 Å². The van der Waals surface area contributed by atoms with E-state index in [9.17, 15) is 4.79 Å². The zero-order chi connectivity index (χ0) is 24.0. The molecule has 2 aromatic heterocycles. The van der Waals surface area contributed by atoms with Gasteiger partial charge >= 0.3 is 0 Å². The number of aromatic nitrogens is 2. The van der Waals surface area contributed by atoms with Crippen LogP contribution in [0, 0.1) is 13.8 Å². The van der Waals surface area contributed by atoms with Gasteiger partial charge in [0.2, 0.25) is 0 Å². The van der Waals surface area contributed by atoms with Crippen LogP contribution in [0.5, 0.6) is 11.5 Å². The van der Waals surface area contributed by atoms with Gasteiger partial charge < -0.3 is 9.47 Å². The third-order valence-corrected chi connectivity index (χ3v) is 8.11. The molecule has 0 saturated heterocycles. The largest absolute Gasteiger partial charge is 0.493 e. The van der Waals surface area contributed by atoms with E-state index in [0.717, 1.165) is 37.8 Å². The van der Waals surface area contributed by atoms with E-state index in [1.54, 1.807) is 11.5 Å². The van der Waals surface area contributed by atoms with Crippen molar-refractivity contribution in [2.75, 3.05) is 7.11 Å². The van der Waals surface area contributed by atoms with Crippen LogP contribution in [0.2, 0.25) is 5.02 Å². The van der Waals surface area contributed by atoms with Crippen molar-refractivity contribution in [3.63, 3.8) is 0 Å². The Morgan fingerprint density at radius 1 is 1.15 bits per heavy atom. The summed E-state index contributed by atoms with van der Waals surface area (Å²) in [4.78, 5) is 18.6. The molecule has 34 heavy (non-hydrogen) atoms. The van der Waals surface area contributed by atoms with Gasteiger partial charge in [0.05, 0.1) is 17.2 Å². The molecule has 0 atom stereocenters. The van der Waals surface area contributed by atoms with Crippen molar-refractivity contribution in [3.8, 4) is 11.5 Å². The number of ether oxygens (including phenoxy) is 2. The molecule has 5 nitrogen and oxygen atoms in total. The smallest absolute Gasteiger partial charge is 0.274 e. The van der Waals surface area contributed by atoms with Crippen molar-refractivity contribution in [2.45, 2.75) is 20.5 Å². The van der Waals surface area contributed by atoms with E-state index in [-0.39, 0.29) is 5.56 Å². The predicted molar refractivity (Wildman–Crippen MR) is 142 cm³/mol. The number of aryl methyl sites for hydroxylation is 1. The normalized spacial score (nSPS) is 12.1. The van der Waals surface area contributed by atoms with Gasteiger partial charge in [0.25, 0.3) is 5.56 Å². The van der Waals surface area contributed by atoms with E-state index in [1.165, 1.54) is 11.3 Å². The number of benzene rings is 3. The van der Waals surface area contributed by atoms with Gasteiger partial charge in [-0.2, -0.15) is 0 Å². The lowest BCUT2D eigenvalue weighted by molar-refractivity contribution is 0.284. The van der Waals surface area contributed by atoms with Gasteiger partial charge in [-0.1, -0.05) is 47.2 Å². The van der Waals surface area contributed by atoms with E-state index in [1.807, 2.05) is 68.5 Å². The molecule has 5 rings (SSSR count). The second-order valence-electron chi connectivity index (χ2n) is 7.94. The number of rotatable bonds is 5. The minimum Gasteiger partial charge on any atom is -0.493 e. The van der Waals surface area contributed by atoms with Crippen molar-refractivity contribution in [1.29, 1.82) is 0 Å². The Kier molecular flexibility index (Phi) is 6.10. The maximum atomic E-state index is 13.2. The van der Waals surface area contributed by atoms with Crippen LogP contribution in [-0.4, -0.2) is 16.5 Å². The molecule has 0 N–H and O–H groups in total. The lowest BCUT2D eigenvalue weighted by Gasteiger charge is -2.12. The Hall–Kier alpha value is -2.87. The highest BCUT2D eigenvalue weighted by molar-refractivity contribution is 9.10. The minimum atomic E-state index is -0.0873. The maximum Gasteiger partial charge on any atom is 0.274 e. The molecule has 0 aliphatic carbocycles. The number of halogens is 2. The number of hydrogen-bond donors (Lipinski definition) is 0. The van der Waals surface area contributed by atoms with Crippen LogP contribution in [0.1, 0.15) is 22.3 Å². The Balaban J connectivity index is 1.52. The van der Waals surface area contributed by atoms with Gasteiger partial charge in [0.15, 0.2) is 16.5 Å². The van der Waals surface area contributed by atoms with Gasteiger partial charge in [0.1, 0.15) is 12.1 Å². The average Bonchev–Trinajstić information content (AvgIpc) is 3.34. The van der Waals surface area contributed by atoms with Crippen molar-refractivity contribution in [2.24, 2.45) is 0 Å². The van der Waals surface area contributed by atoms with E-state index >= 15 is 0 Å². The zero-order valence-corrected chi connectivity index (χ0v) is 21.8. The number of methoxy groups -OCH3 is 1. The summed E-state index contributed by atoms with van der Waals surface area (Å²) in [6.45, 7) is 4.40. The fraction of sp³-hybridized carbons (Fsp3) is 0.154. The second-order valence-corrected chi connectivity index (χ2v) is 10.1. The average molecular weight is 556 g/mol. The lowest BCUT2D eigenvalue weighted by Crippen LogP contribution is -2.22. The molecule has 172 valence electrons. The van der Waals surface area contributed by atoms with Gasteiger partial charge in [-0.05, 0) is 76.8 Å². The molecule has 8 heteroatoms. The van der Waals surface area contributed by atoms with Crippen LogP contribution < -0.4 is 19.6 Å². The van der Waals surface area contributed by atoms with Crippen LogP contribution >= 0.6 is 38.9 Å². The standard InChI is InChI=1S/C26H20BrClN2O3S/c1-14-10-19-24(23(27)15(14)2)29-26-30(19)25(31)22(34-26)12-16-8-9-20(21(11-16)32-3)33-13-17-6-4-5-7-18(17)28/h4-12H,13H2,1-3H3/b22-12+. The van der Waals surface area contributed by atoms with Crippen molar-refractivity contribution < 1.29 is 9.47 Å². The van der Waals surface area contributed by atoms with E-state index in [2.05, 4.69) is 15.9 Å². The highest BCUT2D eigenvalue weighted by Crippen LogP contribution is 2.31. The lowest BCUT2D eigenvalue weighted by atomic mass is 10.1. The zero-order valence-electron chi connectivity index (χ0n) is 18.7. The quantitative estimate of drug-likeness (QED) is 0.264. The molecule has 0 amide bonds. The molecular weight excluding hydrogens is 536 g/mol. The molecule has 0 unspecified atom stereocenters. The van der Waals surface area contributed by atoms with E-state index in [4.69, 9.17) is 26.1 Å². The summed E-state index contributed by atoms with van der Waals surface area (Å²) < 4.78 is 14.7. The maximum absolute atomic E-state index is 13.2. The molecule has 0 aliphatic rings. The molecular formula is C26H20BrClN2O3S. The topological polar surface area (TPSA) is 52.8 Å². The number of thiazole rings is 1. The molecule has 3 aromatic carbocycles. The van der Waals surface area contributed by atoms with Crippen LogP contribution in [0.15, 0.2) is 57.8 Å². The summed E-state index contributed by atoms with van der Waals surface area (Å²) in [5, 5.41) is 0.655. The Morgan fingerprint density at radius 3 is 2.71 bits per heavy atom. The third kappa shape index (κ3) is 3.98. The molecule has 0 aliphatic heterocycles. The van der Waals surface area contributed by atoms with Gasteiger partial charge in [-0.25, -0.2) is 9.38 Å². The van der Waals surface area contributed by atoms with Crippen molar-refractivity contribution in [1.82, 2.24) is 9.38 Å². The molecule has 5 aromatic rings. The summed E-state index contributed by atoms with van der Waals surface area (Å²) in [6.07, 6.45) is 1.85. The minimum absolute atomic E-state index is 0.0873. The first kappa shape index (κ1) is 22.9. The van der Waals surface area contributed by atoms with Crippen molar-refractivity contribution >= 4 is 60.9 Å². The fourth-order valence-corrected chi connectivity index (χ4v) is 5.57. The summed E-state index contributed by atoms with van der Waals surface area (Å²) in [7, 11) is 1.59. The summed E-state index contributed by atoms with van der Waals surface area (Å²) >= 11 is 11.2.